The van der Waals surface area contributed by atoms with Gasteiger partial charge in [-0.05, 0) is 30.7 Å². The minimum absolute atomic E-state index is 0.0350. The molecule has 6 heteroatoms. The lowest BCUT2D eigenvalue weighted by atomic mass is 9.85. The quantitative estimate of drug-likeness (QED) is 0.659. The SMILES string of the molecule is O=C(NCc1ccc([N+](=O)[O-])cc1)C1CC2CCCCC2N1. The first kappa shape index (κ1) is 15.0. The van der Waals surface area contributed by atoms with Crippen LogP contribution in [0.25, 0.3) is 0 Å². The molecule has 1 aliphatic heterocycles. The molecule has 2 fully saturated rings. The monoisotopic (exact) mass is 303 g/mol. The van der Waals surface area contributed by atoms with E-state index in [-0.39, 0.29) is 17.6 Å². The number of non-ortho nitro benzene ring substituents is 1. The third kappa shape index (κ3) is 3.27. The van der Waals surface area contributed by atoms with Gasteiger partial charge >= 0.3 is 0 Å². The van der Waals surface area contributed by atoms with Gasteiger partial charge in [-0.3, -0.25) is 14.9 Å². The van der Waals surface area contributed by atoms with Crippen LogP contribution in [0.4, 0.5) is 5.69 Å². The second kappa shape index (κ2) is 6.44. The summed E-state index contributed by atoms with van der Waals surface area (Å²) in [5.74, 6) is 0.677. The van der Waals surface area contributed by atoms with Crippen molar-refractivity contribution >= 4 is 11.6 Å². The second-order valence-electron chi connectivity index (χ2n) is 6.25. The van der Waals surface area contributed by atoms with Crippen molar-refractivity contribution in [2.75, 3.05) is 0 Å². The van der Waals surface area contributed by atoms with Gasteiger partial charge in [0.2, 0.25) is 5.91 Å². The first-order valence-electron chi connectivity index (χ1n) is 7.90. The molecule has 1 aliphatic carbocycles. The van der Waals surface area contributed by atoms with E-state index >= 15 is 0 Å². The van der Waals surface area contributed by atoms with Crippen molar-refractivity contribution < 1.29 is 9.72 Å². The second-order valence-corrected chi connectivity index (χ2v) is 6.25. The number of benzene rings is 1. The number of fused-ring (bicyclic) bond motifs is 1. The summed E-state index contributed by atoms with van der Waals surface area (Å²) in [5, 5.41) is 17.0. The van der Waals surface area contributed by atoms with Crippen LogP contribution >= 0.6 is 0 Å². The van der Waals surface area contributed by atoms with Crippen LogP contribution in [0.5, 0.6) is 0 Å². The van der Waals surface area contributed by atoms with Crippen LogP contribution in [-0.2, 0) is 11.3 Å². The minimum Gasteiger partial charge on any atom is -0.351 e. The topological polar surface area (TPSA) is 84.3 Å². The van der Waals surface area contributed by atoms with Crippen LogP contribution < -0.4 is 10.6 Å². The third-order valence-corrected chi connectivity index (χ3v) is 4.79. The van der Waals surface area contributed by atoms with E-state index in [9.17, 15) is 14.9 Å². The van der Waals surface area contributed by atoms with Gasteiger partial charge in [-0.2, -0.15) is 0 Å². The predicted octanol–water partition coefficient (Wildman–Crippen LogP) is 2.13. The van der Waals surface area contributed by atoms with E-state index in [1.54, 1.807) is 12.1 Å². The smallest absolute Gasteiger partial charge is 0.269 e. The normalized spacial score (nSPS) is 27.2. The van der Waals surface area contributed by atoms with E-state index < -0.39 is 4.92 Å². The fourth-order valence-electron chi connectivity index (χ4n) is 3.57. The fourth-order valence-corrected chi connectivity index (χ4v) is 3.57. The summed E-state index contributed by atoms with van der Waals surface area (Å²) in [6.07, 6.45) is 5.86. The molecule has 3 atom stereocenters. The van der Waals surface area contributed by atoms with Crippen molar-refractivity contribution in [1.29, 1.82) is 0 Å². The minimum atomic E-state index is -0.424. The van der Waals surface area contributed by atoms with Crippen molar-refractivity contribution in [3.63, 3.8) is 0 Å². The summed E-state index contributed by atoms with van der Waals surface area (Å²) in [6.45, 7) is 0.407. The number of hydrogen-bond donors (Lipinski definition) is 2. The van der Waals surface area contributed by atoms with Crippen LogP contribution in [0, 0.1) is 16.0 Å². The van der Waals surface area contributed by atoms with Crippen molar-refractivity contribution in [3.05, 3.63) is 39.9 Å². The van der Waals surface area contributed by atoms with Gasteiger partial charge in [0.25, 0.3) is 5.69 Å². The molecule has 0 bridgehead atoms. The Balaban J connectivity index is 1.51. The Morgan fingerprint density at radius 1 is 1.27 bits per heavy atom. The van der Waals surface area contributed by atoms with Crippen molar-refractivity contribution in [2.45, 2.75) is 50.7 Å². The highest BCUT2D eigenvalue weighted by atomic mass is 16.6. The maximum atomic E-state index is 12.3. The lowest BCUT2D eigenvalue weighted by Crippen LogP contribution is -2.42. The Bertz CT molecular complexity index is 544. The first-order chi connectivity index (χ1) is 10.6. The molecule has 22 heavy (non-hydrogen) atoms. The zero-order valence-electron chi connectivity index (χ0n) is 12.5. The fraction of sp³-hybridized carbons (Fsp3) is 0.562. The largest absolute Gasteiger partial charge is 0.351 e. The molecule has 1 aromatic carbocycles. The molecule has 3 rings (SSSR count). The van der Waals surface area contributed by atoms with Gasteiger partial charge in [-0.25, -0.2) is 0 Å². The molecule has 6 nitrogen and oxygen atoms in total. The molecule has 1 heterocycles. The number of nitrogens with one attached hydrogen (secondary N) is 2. The van der Waals surface area contributed by atoms with E-state index in [2.05, 4.69) is 10.6 Å². The Kier molecular flexibility index (Phi) is 4.38. The van der Waals surface area contributed by atoms with Gasteiger partial charge in [0, 0.05) is 24.7 Å². The average molecular weight is 303 g/mol. The molecule has 0 radical (unpaired) electrons. The molecule has 118 valence electrons. The molecule has 0 aromatic heterocycles. The molecule has 1 saturated heterocycles. The highest BCUT2D eigenvalue weighted by molar-refractivity contribution is 5.82. The van der Waals surface area contributed by atoms with E-state index in [0.717, 1.165) is 12.0 Å². The number of nitro benzene ring substituents is 1. The van der Waals surface area contributed by atoms with E-state index in [1.165, 1.54) is 37.8 Å². The number of rotatable bonds is 4. The van der Waals surface area contributed by atoms with Gasteiger partial charge in [0.15, 0.2) is 0 Å². The van der Waals surface area contributed by atoms with Gasteiger partial charge in [-0.15, -0.1) is 0 Å². The predicted molar refractivity (Wildman–Crippen MR) is 82.2 cm³/mol. The number of carbonyl (C=O) groups is 1. The summed E-state index contributed by atoms with van der Waals surface area (Å²) < 4.78 is 0. The van der Waals surface area contributed by atoms with E-state index in [1.807, 2.05) is 0 Å². The molecule has 1 saturated carbocycles. The van der Waals surface area contributed by atoms with Gasteiger partial charge in [0.1, 0.15) is 0 Å². The Morgan fingerprint density at radius 2 is 2.00 bits per heavy atom. The molecule has 2 N–H and O–H groups in total. The summed E-state index contributed by atoms with van der Waals surface area (Å²) in [7, 11) is 0. The maximum absolute atomic E-state index is 12.3. The zero-order chi connectivity index (χ0) is 15.5. The molecule has 1 aromatic rings. The van der Waals surface area contributed by atoms with Gasteiger partial charge in [-0.1, -0.05) is 25.0 Å². The Hall–Kier alpha value is -1.95. The standard InChI is InChI=1S/C16H21N3O3/c20-16(15-9-12-3-1-2-4-14(12)18-15)17-10-11-5-7-13(8-6-11)19(21)22/h5-8,12,14-15,18H,1-4,9-10H2,(H,17,20). The average Bonchev–Trinajstić information content (AvgIpc) is 2.97. The molecule has 1 amide bonds. The van der Waals surface area contributed by atoms with Crippen LogP contribution in [0.3, 0.4) is 0 Å². The third-order valence-electron chi connectivity index (χ3n) is 4.79. The highest BCUT2D eigenvalue weighted by Gasteiger charge is 2.37. The highest BCUT2D eigenvalue weighted by Crippen LogP contribution is 2.33. The summed E-state index contributed by atoms with van der Waals surface area (Å²) in [5.41, 5.74) is 0.936. The summed E-state index contributed by atoms with van der Waals surface area (Å²) in [4.78, 5) is 22.4. The van der Waals surface area contributed by atoms with Crippen LogP contribution in [-0.4, -0.2) is 22.9 Å². The van der Waals surface area contributed by atoms with Crippen molar-refractivity contribution in [1.82, 2.24) is 10.6 Å². The first-order valence-corrected chi connectivity index (χ1v) is 7.90. The molecule has 0 spiro atoms. The van der Waals surface area contributed by atoms with Gasteiger partial charge < -0.3 is 10.6 Å². The Labute approximate surface area is 129 Å². The zero-order valence-corrected chi connectivity index (χ0v) is 12.5. The van der Waals surface area contributed by atoms with Crippen molar-refractivity contribution in [2.24, 2.45) is 5.92 Å². The van der Waals surface area contributed by atoms with Crippen LogP contribution in [0.1, 0.15) is 37.7 Å². The maximum Gasteiger partial charge on any atom is 0.269 e. The number of nitro groups is 1. The van der Waals surface area contributed by atoms with E-state index in [4.69, 9.17) is 0 Å². The molecular weight excluding hydrogens is 282 g/mol. The van der Waals surface area contributed by atoms with Crippen LogP contribution in [0.15, 0.2) is 24.3 Å². The lowest BCUT2D eigenvalue weighted by molar-refractivity contribution is -0.384. The number of amides is 1. The molecule has 2 aliphatic rings. The lowest BCUT2D eigenvalue weighted by Gasteiger charge is -2.24. The summed E-state index contributed by atoms with van der Waals surface area (Å²) in [6, 6.07) is 6.70. The molecule has 3 unspecified atom stereocenters. The van der Waals surface area contributed by atoms with Gasteiger partial charge in [0.05, 0.1) is 11.0 Å². The number of carbonyl (C=O) groups excluding carboxylic acids is 1. The van der Waals surface area contributed by atoms with E-state index in [0.29, 0.717) is 18.5 Å². The van der Waals surface area contributed by atoms with Crippen molar-refractivity contribution in [3.8, 4) is 0 Å². The summed E-state index contributed by atoms with van der Waals surface area (Å²) >= 11 is 0. The number of nitrogens with zero attached hydrogens (tertiary/aromatic N) is 1. The Morgan fingerprint density at radius 3 is 2.68 bits per heavy atom. The number of hydrogen-bond acceptors (Lipinski definition) is 4. The molecular formula is C16H21N3O3. The van der Waals surface area contributed by atoms with Crippen LogP contribution in [0.2, 0.25) is 0 Å².